The predicted molar refractivity (Wildman–Crippen MR) is 111 cm³/mol. The van der Waals surface area contributed by atoms with Gasteiger partial charge in [-0.25, -0.2) is 5.43 Å². The van der Waals surface area contributed by atoms with E-state index in [0.29, 0.717) is 12.5 Å². The van der Waals surface area contributed by atoms with Crippen LogP contribution in [0.2, 0.25) is 0 Å². The molecule has 0 aliphatic heterocycles. The highest BCUT2D eigenvalue weighted by Crippen LogP contribution is 2.27. The molecule has 3 aromatic rings. The minimum absolute atomic E-state index is 0.131. The Morgan fingerprint density at radius 1 is 1.19 bits per heavy atom. The molecular weight excluding hydrogens is 390 g/mol. The summed E-state index contributed by atoms with van der Waals surface area (Å²) in [4.78, 5) is 12.1. The van der Waals surface area contributed by atoms with Gasteiger partial charge in [0, 0.05) is 32.7 Å². The molecule has 0 aliphatic rings. The first-order chi connectivity index (χ1) is 12.5. The van der Waals surface area contributed by atoms with E-state index >= 15 is 0 Å². The van der Waals surface area contributed by atoms with E-state index in [1.165, 1.54) is 5.52 Å². The number of nitrogens with zero attached hydrogens (tertiary/aromatic N) is 2. The SMILES string of the molecule is Cc1c(/C=N\NC(=O)Cc2ccc(Br)cc2)c2ccccc2n1C(C)C. The van der Waals surface area contributed by atoms with Crippen LogP contribution in [-0.2, 0) is 11.2 Å². The van der Waals surface area contributed by atoms with Crippen LogP contribution in [-0.4, -0.2) is 16.7 Å². The van der Waals surface area contributed by atoms with Crippen molar-refractivity contribution in [3.63, 3.8) is 0 Å². The molecule has 5 heteroatoms. The number of hydrogen-bond acceptors (Lipinski definition) is 2. The summed E-state index contributed by atoms with van der Waals surface area (Å²) in [5.74, 6) is -0.131. The zero-order valence-corrected chi connectivity index (χ0v) is 16.7. The molecule has 0 unspecified atom stereocenters. The van der Waals surface area contributed by atoms with Gasteiger partial charge in [0.15, 0.2) is 0 Å². The maximum atomic E-state index is 12.1. The third kappa shape index (κ3) is 3.88. The first-order valence-corrected chi connectivity index (χ1v) is 9.42. The maximum absolute atomic E-state index is 12.1. The summed E-state index contributed by atoms with van der Waals surface area (Å²) >= 11 is 3.39. The van der Waals surface area contributed by atoms with E-state index in [2.05, 4.69) is 63.9 Å². The molecular formula is C21H22BrN3O. The maximum Gasteiger partial charge on any atom is 0.244 e. The second-order valence-electron chi connectivity index (χ2n) is 6.58. The van der Waals surface area contributed by atoms with E-state index in [9.17, 15) is 4.79 Å². The lowest BCUT2D eigenvalue weighted by atomic mass is 10.1. The highest BCUT2D eigenvalue weighted by Gasteiger charge is 2.14. The number of hydrogen-bond donors (Lipinski definition) is 1. The number of fused-ring (bicyclic) bond motifs is 1. The van der Waals surface area contributed by atoms with Gasteiger partial charge in [0.05, 0.1) is 12.6 Å². The van der Waals surface area contributed by atoms with Crippen LogP contribution in [0.1, 0.15) is 36.7 Å². The lowest BCUT2D eigenvalue weighted by Gasteiger charge is -2.12. The summed E-state index contributed by atoms with van der Waals surface area (Å²) < 4.78 is 3.29. The molecule has 0 aliphatic carbocycles. The lowest BCUT2D eigenvalue weighted by molar-refractivity contribution is -0.120. The number of rotatable bonds is 5. The molecule has 1 aromatic heterocycles. The van der Waals surface area contributed by atoms with Crippen molar-refractivity contribution in [3.8, 4) is 0 Å². The number of amides is 1. The minimum Gasteiger partial charge on any atom is -0.342 e. The summed E-state index contributed by atoms with van der Waals surface area (Å²) in [6, 6.07) is 16.3. The number of halogens is 1. The fourth-order valence-electron chi connectivity index (χ4n) is 3.24. The number of benzene rings is 2. The van der Waals surface area contributed by atoms with Crippen molar-refractivity contribution in [2.75, 3.05) is 0 Å². The van der Waals surface area contributed by atoms with E-state index in [0.717, 1.165) is 26.7 Å². The molecule has 2 aromatic carbocycles. The molecule has 0 spiro atoms. The van der Waals surface area contributed by atoms with Gasteiger partial charge >= 0.3 is 0 Å². The molecule has 26 heavy (non-hydrogen) atoms. The van der Waals surface area contributed by atoms with Gasteiger partial charge in [-0.1, -0.05) is 46.3 Å². The Balaban J connectivity index is 1.77. The van der Waals surface area contributed by atoms with Gasteiger partial charge in [0.25, 0.3) is 0 Å². The lowest BCUT2D eigenvalue weighted by Crippen LogP contribution is -2.19. The molecule has 4 nitrogen and oxygen atoms in total. The highest BCUT2D eigenvalue weighted by atomic mass is 79.9. The van der Waals surface area contributed by atoms with Gasteiger partial charge in [-0.05, 0) is 44.5 Å². The van der Waals surface area contributed by atoms with E-state index in [1.807, 2.05) is 36.4 Å². The Labute approximate surface area is 162 Å². The molecule has 3 rings (SSSR count). The van der Waals surface area contributed by atoms with Gasteiger partial charge in [0.1, 0.15) is 0 Å². The summed E-state index contributed by atoms with van der Waals surface area (Å²) in [6.07, 6.45) is 2.05. The molecule has 0 saturated carbocycles. The van der Waals surface area contributed by atoms with Gasteiger partial charge in [0.2, 0.25) is 5.91 Å². The smallest absolute Gasteiger partial charge is 0.244 e. The average Bonchev–Trinajstić information content (AvgIpc) is 2.89. The van der Waals surface area contributed by atoms with Gasteiger partial charge in [-0.3, -0.25) is 4.79 Å². The molecule has 0 saturated heterocycles. The quantitative estimate of drug-likeness (QED) is 0.466. The zero-order valence-electron chi connectivity index (χ0n) is 15.2. The number of aromatic nitrogens is 1. The molecule has 1 amide bonds. The fraction of sp³-hybridized carbons (Fsp3) is 0.238. The molecule has 0 fully saturated rings. The number of nitrogens with one attached hydrogen (secondary N) is 1. The average molecular weight is 412 g/mol. The summed E-state index contributed by atoms with van der Waals surface area (Å²) in [6.45, 7) is 6.42. The van der Waals surface area contributed by atoms with Crippen molar-refractivity contribution in [2.24, 2.45) is 5.10 Å². The van der Waals surface area contributed by atoms with Crippen LogP contribution < -0.4 is 5.43 Å². The standard InChI is InChI=1S/C21H22BrN3O/c1-14(2)25-15(3)19(18-6-4-5-7-20(18)25)13-23-24-21(26)12-16-8-10-17(22)11-9-16/h4-11,13-14H,12H2,1-3H3,(H,24,26)/b23-13-. The second-order valence-corrected chi connectivity index (χ2v) is 7.49. The van der Waals surface area contributed by atoms with Crippen molar-refractivity contribution in [2.45, 2.75) is 33.2 Å². The van der Waals surface area contributed by atoms with Crippen LogP contribution in [0.25, 0.3) is 10.9 Å². The van der Waals surface area contributed by atoms with Crippen LogP contribution in [0.5, 0.6) is 0 Å². The number of para-hydroxylation sites is 1. The topological polar surface area (TPSA) is 46.4 Å². The third-order valence-electron chi connectivity index (χ3n) is 4.38. The zero-order chi connectivity index (χ0) is 18.7. The van der Waals surface area contributed by atoms with Crippen molar-refractivity contribution >= 4 is 39.0 Å². The van der Waals surface area contributed by atoms with Gasteiger partial charge < -0.3 is 4.57 Å². The van der Waals surface area contributed by atoms with Crippen LogP contribution in [0.4, 0.5) is 0 Å². The van der Waals surface area contributed by atoms with Crippen LogP contribution in [0.3, 0.4) is 0 Å². The molecule has 0 radical (unpaired) electrons. The second kappa shape index (κ2) is 7.87. The van der Waals surface area contributed by atoms with Gasteiger partial charge in [-0.2, -0.15) is 5.10 Å². The normalized spacial score (nSPS) is 11.6. The van der Waals surface area contributed by atoms with Crippen LogP contribution in [0.15, 0.2) is 58.1 Å². The highest BCUT2D eigenvalue weighted by molar-refractivity contribution is 9.10. The van der Waals surface area contributed by atoms with Crippen molar-refractivity contribution < 1.29 is 4.79 Å². The van der Waals surface area contributed by atoms with E-state index in [1.54, 1.807) is 6.21 Å². The Bertz CT molecular complexity index is 955. The van der Waals surface area contributed by atoms with E-state index < -0.39 is 0 Å². The largest absolute Gasteiger partial charge is 0.342 e. The first kappa shape index (κ1) is 18.4. The predicted octanol–water partition coefficient (Wildman–Crippen LogP) is 4.99. The molecule has 1 heterocycles. The Morgan fingerprint density at radius 2 is 1.88 bits per heavy atom. The fourth-order valence-corrected chi connectivity index (χ4v) is 3.51. The summed E-state index contributed by atoms with van der Waals surface area (Å²) in [5, 5.41) is 5.33. The minimum atomic E-state index is -0.131. The Hall–Kier alpha value is -2.40. The third-order valence-corrected chi connectivity index (χ3v) is 4.91. The Kier molecular flexibility index (Phi) is 5.57. The molecule has 134 valence electrons. The van der Waals surface area contributed by atoms with E-state index in [-0.39, 0.29) is 5.91 Å². The van der Waals surface area contributed by atoms with E-state index in [4.69, 9.17) is 0 Å². The van der Waals surface area contributed by atoms with Crippen molar-refractivity contribution in [1.29, 1.82) is 0 Å². The van der Waals surface area contributed by atoms with Crippen molar-refractivity contribution in [1.82, 2.24) is 9.99 Å². The van der Waals surface area contributed by atoms with Crippen molar-refractivity contribution in [3.05, 3.63) is 69.8 Å². The summed E-state index contributed by atoms with van der Waals surface area (Å²) in [5.41, 5.74) is 6.95. The van der Waals surface area contributed by atoms with Crippen LogP contribution >= 0.6 is 15.9 Å². The Morgan fingerprint density at radius 3 is 2.58 bits per heavy atom. The molecule has 0 bridgehead atoms. The number of carbonyl (C=O) groups is 1. The monoisotopic (exact) mass is 411 g/mol. The first-order valence-electron chi connectivity index (χ1n) is 8.63. The summed E-state index contributed by atoms with van der Waals surface area (Å²) in [7, 11) is 0. The number of hydrazone groups is 1. The molecule has 1 N–H and O–H groups in total. The molecule has 0 atom stereocenters. The number of carbonyl (C=O) groups excluding carboxylic acids is 1. The van der Waals surface area contributed by atoms with Crippen LogP contribution in [0, 0.1) is 6.92 Å². The van der Waals surface area contributed by atoms with Gasteiger partial charge in [-0.15, -0.1) is 0 Å².